The molecule has 0 atom stereocenters. The minimum atomic E-state index is -1.33. The van der Waals surface area contributed by atoms with E-state index in [4.69, 9.17) is 0 Å². The molecule has 0 saturated heterocycles. The van der Waals surface area contributed by atoms with Crippen molar-refractivity contribution in [1.29, 1.82) is 0 Å². The monoisotopic (exact) mass is 241 g/mol. The highest BCUT2D eigenvalue weighted by Gasteiger charge is 2.12. The van der Waals surface area contributed by atoms with Gasteiger partial charge in [0.1, 0.15) is 13.8 Å². The second kappa shape index (κ2) is 4.60. The molecule has 0 aliphatic heterocycles. The Morgan fingerprint density at radius 1 is 1.06 bits per heavy atom. The van der Waals surface area contributed by atoms with Crippen LogP contribution in [0.25, 0.3) is 5.69 Å². The standard InChI is InChI=1S/C14H17N2Si/c1-17(2,3)13-12-15-10-7-11-16(15)14-8-5-4-6-9-14/h4-11H,1-3H3/q+1. The second-order valence-corrected chi connectivity index (χ2v) is 9.75. The van der Waals surface area contributed by atoms with E-state index < -0.39 is 8.07 Å². The van der Waals surface area contributed by atoms with Crippen molar-refractivity contribution in [1.82, 2.24) is 4.68 Å². The summed E-state index contributed by atoms with van der Waals surface area (Å²) in [6.07, 6.45) is 4.01. The summed E-state index contributed by atoms with van der Waals surface area (Å²) in [7, 11) is -1.33. The molecule has 0 aliphatic rings. The molecule has 2 aromatic rings. The van der Waals surface area contributed by atoms with Gasteiger partial charge in [-0.3, -0.25) is 0 Å². The molecule has 17 heavy (non-hydrogen) atoms. The lowest BCUT2D eigenvalue weighted by Gasteiger charge is -2.01. The summed E-state index contributed by atoms with van der Waals surface area (Å²) in [4.78, 5) is 0. The van der Waals surface area contributed by atoms with Crippen molar-refractivity contribution < 1.29 is 4.68 Å². The summed E-state index contributed by atoms with van der Waals surface area (Å²) in [5, 5.41) is 0. The number of rotatable bonds is 1. The van der Waals surface area contributed by atoms with E-state index >= 15 is 0 Å². The molecule has 0 aliphatic carbocycles. The lowest BCUT2D eigenvalue weighted by atomic mass is 10.3. The van der Waals surface area contributed by atoms with Crippen molar-refractivity contribution >= 4 is 8.07 Å². The third kappa shape index (κ3) is 3.08. The van der Waals surface area contributed by atoms with E-state index in [1.165, 1.54) is 0 Å². The highest BCUT2D eigenvalue weighted by atomic mass is 28.3. The van der Waals surface area contributed by atoms with Gasteiger partial charge in [-0.1, -0.05) is 43.4 Å². The Morgan fingerprint density at radius 2 is 1.76 bits per heavy atom. The Hall–Kier alpha value is -1.79. The van der Waals surface area contributed by atoms with Gasteiger partial charge in [0.25, 0.3) is 0 Å². The van der Waals surface area contributed by atoms with E-state index in [1.54, 1.807) is 0 Å². The van der Waals surface area contributed by atoms with Crippen LogP contribution in [0.1, 0.15) is 0 Å². The van der Waals surface area contributed by atoms with Crippen LogP contribution >= 0.6 is 0 Å². The van der Waals surface area contributed by atoms with Crippen LogP contribution < -0.4 is 4.68 Å². The Labute approximate surface area is 104 Å². The van der Waals surface area contributed by atoms with Gasteiger partial charge >= 0.3 is 0 Å². The van der Waals surface area contributed by atoms with Gasteiger partial charge in [-0.2, -0.15) is 0 Å². The molecule has 0 radical (unpaired) electrons. The molecule has 0 saturated carbocycles. The van der Waals surface area contributed by atoms with Gasteiger partial charge in [-0.05, 0) is 16.8 Å². The van der Waals surface area contributed by atoms with Crippen LogP contribution in [-0.2, 0) is 0 Å². The van der Waals surface area contributed by atoms with Gasteiger partial charge in [-0.25, -0.2) is 0 Å². The summed E-state index contributed by atoms with van der Waals surface area (Å²) >= 11 is 0. The number of nitrogens with zero attached hydrogens (tertiary/aromatic N) is 2. The average molecular weight is 241 g/mol. The first-order chi connectivity index (χ1) is 8.06. The molecule has 0 spiro atoms. The Bertz CT molecular complexity index is 553. The Kier molecular flexibility index (Phi) is 3.16. The van der Waals surface area contributed by atoms with Gasteiger partial charge in [0, 0.05) is 6.07 Å². The third-order valence-electron chi connectivity index (χ3n) is 2.25. The first-order valence-electron chi connectivity index (χ1n) is 5.74. The van der Waals surface area contributed by atoms with E-state index in [-0.39, 0.29) is 0 Å². The highest BCUT2D eigenvalue weighted by molar-refractivity contribution is 6.83. The molecule has 0 fully saturated rings. The predicted molar refractivity (Wildman–Crippen MR) is 72.5 cm³/mol. The molecule has 1 aromatic carbocycles. The maximum Gasteiger partial charge on any atom is 0.247 e. The molecule has 0 N–H and O–H groups in total. The van der Waals surface area contributed by atoms with E-state index in [0.717, 1.165) is 5.69 Å². The van der Waals surface area contributed by atoms with Crippen LogP contribution in [0.4, 0.5) is 0 Å². The van der Waals surface area contributed by atoms with Gasteiger partial charge < -0.3 is 0 Å². The zero-order valence-electron chi connectivity index (χ0n) is 10.5. The largest absolute Gasteiger partial charge is 0.247 e. The van der Waals surface area contributed by atoms with Crippen LogP contribution in [0.15, 0.2) is 48.8 Å². The maximum absolute atomic E-state index is 3.37. The van der Waals surface area contributed by atoms with Crippen LogP contribution in [0.2, 0.25) is 19.6 Å². The fourth-order valence-corrected chi connectivity index (χ4v) is 1.90. The average Bonchev–Trinajstić information content (AvgIpc) is 2.75. The minimum absolute atomic E-state index is 1.13. The lowest BCUT2D eigenvalue weighted by molar-refractivity contribution is -0.663. The van der Waals surface area contributed by atoms with Crippen LogP contribution in [0.5, 0.6) is 0 Å². The first-order valence-corrected chi connectivity index (χ1v) is 9.24. The quantitative estimate of drug-likeness (QED) is 0.412. The van der Waals surface area contributed by atoms with Crippen LogP contribution in [0.3, 0.4) is 0 Å². The smallest absolute Gasteiger partial charge is 0.114 e. The van der Waals surface area contributed by atoms with Crippen molar-refractivity contribution in [3.63, 3.8) is 0 Å². The van der Waals surface area contributed by atoms with Crippen molar-refractivity contribution in [2.24, 2.45) is 0 Å². The zero-order chi connectivity index (χ0) is 12.3. The van der Waals surface area contributed by atoms with E-state index in [9.17, 15) is 0 Å². The fraction of sp³-hybridized carbons (Fsp3) is 0.214. The van der Waals surface area contributed by atoms with Gasteiger partial charge in [0.15, 0.2) is 0 Å². The molecule has 0 amide bonds. The highest BCUT2D eigenvalue weighted by Crippen LogP contribution is 2.03. The molecule has 1 heterocycles. The molecular weight excluding hydrogens is 224 g/mol. The summed E-state index contributed by atoms with van der Waals surface area (Å²) in [5.74, 6) is 0. The topological polar surface area (TPSA) is 8.81 Å². The lowest BCUT2D eigenvalue weighted by Crippen LogP contribution is -2.38. The molecular formula is C14H17N2Si+. The first kappa shape index (κ1) is 11.7. The minimum Gasteiger partial charge on any atom is -0.114 e. The number of para-hydroxylation sites is 1. The predicted octanol–water partition coefficient (Wildman–Crippen LogP) is 2.45. The summed E-state index contributed by atoms with van der Waals surface area (Å²) in [5.41, 5.74) is 4.49. The molecule has 0 bridgehead atoms. The van der Waals surface area contributed by atoms with Crippen LogP contribution in [-0.4, -0.2) is 12.8 Å². The molecule has 3 heteroatoms. The normalized spacial score (nSPS) is 10.8. The number of hydrogen-bond acceptors (Lipinski definition) is 0. The molecule has 0 unspecified atom stereocenters. The SMILES string of the molecule is C[Si](C)(C)C#C[n+]1cccn1-c1ccccc1. The summed E-state index contributed by atoms with van der Waals surface area (Å²) < 4.78 is 3.99. The maximum atomic E-state index is 3.37. The van der Waals surface area contributed by atoms with Crippen molar-refractivity contribution in [3.05, 3.63) is 48.8 Å². The van der Waals surface area contributed by atoms with Crippen molar-refractivity contribution in [2.75, 3.05) is 0 Å². The van der Waals surface area contributed by atoms with Crippen LogP contribution in [0, 0.1) is 11.6 Å². The van der Waals surface area contributed by atoms with E-state index in [1.807, 2.05) is 46.0 Å². The third-order valence-corrected chi connectivity index (χ3v) is 3.11. The van der Waals surface area contributed by atoms with Crippen molar-refractivity contribution in [2.45, 2.75) is 19.6 Å². The van der Waals surface area contributed by atoms with Gasteiger partial charge in [-0.15, -0.1) is 4.68 Å². The Morgan fingerprint density at radius 3 is 2.41 bits per heavy atom. The van der Waals surface area contributed by atoms with Gasteiger partial charge in [0.05, 0.1) is 6.20 Å². The van der Waals surface area contributed by atoms with E-state index in [0.29, 0.717) is 0 Å². The molecule has 2 rings (SSSR count). The number of benzene rings is 1. The zero-order valence-corrected chi connectivity index (χ0v) is 11.5. The fourth-order valence-electron chi connectivity index (χ4n) is 1.45. The number of aromatic nitrogens is 2. The number of hydrogen-bond donors (Lipinski definition) is 0. The molecule has 2 nitrogen and oxygen atoms in total. The second-order valence-electron chi connectivity index (χ2n) is 5.00. The summed E-state index contributed by atoms with van der Waals surface area (Å²) in [6, 6.07) is 15.5. The molecule has 86 valence electrons. The van der Waals surface area contributed by atoms with Crippen molar-refractivity contribution in [3.8, 4) is 17.3 Å². The molecule has 1 aromatic heterocycles. The Balaban J connectivity index is 2.39. The van der Waals surface area contributed by atoms with Gasteiger partial charge in [0.2, 0.25) is 12.2 Å². The summed E-state index contributed by atoms with van der Waals surface area (Å²) in [6.45, 7) is 6.74. The van der Waals surface area contributed by atoms with E-state index in [2.05, 4.69) is 43.4 Å².